The Bertz CT molecular complexity index is 440. The van der Waals surface area contributed by atoms with E-state index >= 15 is 0 Å². The molecule has 0 bridgehead atoms. The van der Waals surface area contributed by atoms with Gasteiger partial charge in [0.05, 0.1) is 18.8 Å². The maximum Gasteiger partial charge on any atom is 0.0694 e. The maximum atomic E-state index is 5.89. The monoisotopic (exact) mass is 262 g/mol. The first-order valence-electron chi connectivity index (χ1n) is 7.10. The van der Waals surface area contributed by atoms with Gasteiger partial charge in [-0.1, -0.05) is 6.07 Å². The standard InChI is InChI=1S/C16H26N2O/c1-12-9-15(6-5-14(12)10-13(2)17)18-7-8-19-11-16(18,3)4/h5-6,9,13H,7-8,10-11,17H2,1-4H3. The Morgan fingerprint density at radius 2 is 2.16 bits per heavy atom. The summed E-state index contributed by atoms with van der Waals surface area (Å²) in [7, 11) is 0. The minimum absolute atomic E-state index is 0.0629. The Morgan fingerprint density at radius 3 is 2.74 bits per heavy atom. The number of anilines is 1. The van der Waals surface area contributed by atoms with Crippen molar-refractivity contribution >= 4 is 5.69 Å². The van der Waals surface area contributed by atoms with Crippen LogP contribution >= 0.6 is 0 Å². The number of rotatable bonds is 3. The molecule has 1 heterocycles. The van der Waals surface area contributed by atoms with Crippen LogP contribution in [-0.4, -0.2) is 31.3 Å². The number of hydrogen-bond acceptors (Lipinski definition) is 3. The molecule has 1 aromatic rings. The van der Waals surface area contributed by atoms with Gasteiger partial charge in [0.25, 0.3) is 0 Å². The predicted molar refractivity (Wildman–Crippen MR) is 80.8 cm³/mol. The number of nitrogens with two attached hydrogens (primary N) is 1. The summed E-state index contributed by atoms with van der Waals surface area (Å²) in [5, 5.41) is 0. The zero-order valence-electron chi connectivity index (χ0n) is 12.6. The molecule has 0 aliphatic carbocycles. The zero-order valence-corrected chi connectivity index (χ0v) is 12.6. The summed E-state index contributed by atoms with van der Waals surface area (Å²) >= 11 is 0. The Hall–Kier alpha value is -1.06. The molecule has 0 aromatic heterocycles. The summed E-state index contributed by atoms with van der Waals surface area (Å²) in [6.07, 6.45) is 0.943. The van der Waals surface area contributed by atoms with Crippen LogP contribution in [0.3, 0.4) is 0 Å². The third-order valence-electron chi connectivity index (χ3n) is 3.82. The van der Waals surface area contributed by atoms with Crippen LogP contribution in [-0.2, 0) is 11.2 Å². The van der Waals surface area contributed by atoms with Crippen molar-refractivity contribution in [2.45, 2.75) is 45.7 Å². The molecule has 1 aromatic carbocycles. The van der Waals surface area contributed by atoms with Gasteiger partial charge in [-0.3, -0.25) is 0 Å². The lowest BCUT2D eigenvalue weighted by Crippen LogP contribution is -2.53. The first-order chi connectivity index (χ1) is 8.90. The van der Waals surface area contributed by atoms with Gasteiger partial charge < -0.3 is 15.4 Å². The van der Waals surface area contributed by atoms with Gasteiger partial charge in [-0.25, -0.2) is 0 Å². The summed E-state index contributed by atoms with van der Waals surface area (Å²) in [6.45, 7) is 11.2. The molecule has 0 radical (unpaired) electrons. The van der Waals surface area contributed by atoms with Gasteiger partial charge in [0, 0.05) is 18.3 Å². The first-order valence-corrected chi connectivity index (χ1v) is 7.10. The second-order valence-electron chi connectivity index (χ2n) is 6.31. The lowest BCUT2D eigenvalue weighted by Gasteiger charge is -2.44. The number of nitrogens with zero attached hydrogens (tertiary/aromatic N) is 1. The molecular formula is C16H26N2O. The predicted octanol–water partition coefficient (Wildman–Crippen LogP) is 2.50. The fourth-order valence-corrected chi connectivity index (χ4v) is 2.76. The molecule has 1 aliphatic heterocycles. The van der Waals surface area contributed by atoms with Crippen LogP contribution in [0.4, 0.5) is 5.69 Å². The van der Waals surface area contributed by atoms with Gasteiger partial charge in [0.15, 0.2) is 0 Å². The van der Waals surface area contributed by atoms with Crippen LogP contribution in [0.1, 0.15) is 31.9 Å². The summed E-state index contributed by atoms with van der Waals surface area (Å²) in [4.78, 5) is 2.44. The SMILES string of the molecule is Cc1cc(N2CCOCC2(C)C)ccc1CC(C)N. The molecule has 1 unspecified atom stereocenters. The van der Waals surface area contributed by atoms with E-state index in [0.29, 0.717) is 0 Å². The van der Waals surface area contributed by atoms with E-state index in [0.717, 1.165) is 26.2 Å². The molecule has 0 spiro atoms. The molecule has 1 aliphatic rings. The maximum absolute atomic E-state index is 5.89. The van der Waals surface area contributed by atoms with Gasteiger partial charge in [-0.2, -0.15) is 0 Å². The first kappa shape index (κ1) is 14.4. The highest BCUT2D eigenvalue weighted by molar-refractivity contribution is 5.53. The molecule has 1 fully saturated rings. The van der Waals surface area contributed by atoms with Crippen molar-refractivity contribution in [3.8, 4) is 0 Å². The molecule has 3 heteroatoms. The van der Waals surface area contributed by atoms with Crippen molar-refractivity contribution in [2.75, 3.05) is 24.7 Å². The molecule has 0 saturated carbocycles. The van der Waals surface area contributed by atoms with E-state index in [1.54, 1.807) is 0 Å². The third-order valence-corrected chi connectivity index (χ3v) is 3.82. The van der Waals surface area contributed by atoms with E-state index in [9.17, 15) is 0 Å². The number of morpholine rings is 1. The highest BCUT2D eigenvalue weighted by Gasteiger charge is 2.30. The summed E-state index contributed by atoms with van der Waals surface area (Å²) < 4.78 is 5.58. The Balaban J connectivity index is 2.23. The van der Waals surface area contributed by atoms with Gasteiger partial charge in [-0.05, 0) is 57.4 Å². The molecule has 2 N–H and O–H groups in total. The van der Waals surface area contributed by atoms with Crippen LogP contribution in [0, 0.1) is 6.92 Å². The number of benzene rings is 1. The molecule has 3 nitrogen and oxygen atoms in total. The van der Waals surface area contributed by atoms with E-state index in [1.165, 1.54) is 16.8 Å². The number of ether oxygens (including phenoxy) is 1. The highest BCUT2D eigenvalue weighted by Crippen LogP contribution is 2.28. The quantitative estimate of drug-likeness (QED) is 0.909. The normalized spacial score (nSPS) is 20.4. The molecule has 1 atom stereocenters. The molecule has 2 rings (SSSR count). The Labute approximate surface area is 116 Å². The second kappa shape index (κ2) is 5.51. The van der Waals surface area contributed by atoms with Gasteiger partial charge in [0.2, 0.25) is 0 Å². The molecule has 106 valence electrons. The van der Waals surface area contributed by atoms with Crippen LogP contribution in [0.5, 0.6) is 0 Å². The molecule has 1 saturated heterocycles. The van der Waals surface area contributed by atoms with Crippen molar-refractivity contribution in [1.82, 2.24) is 0 Å². The Morgan fingerprint density at radius 1 is 1.42 bits per heavy atom. The number of hydrogen-bond donors (Lipinski definition) is 1. The van der Waals surface area contributed by atoms with Crippen LogP contribution < -0.4 is 10.6 Å². The van der Waals surface area contributed by atoms with Gasteiger partial charge in [-0.15, -0.1) is 0 Å². The summed E-state index contributed by atoms with van der Waals surface area (Å²) in [5.41, 5.74) is 9.93. The lowest BCUT2D eigenvalue weighted by molar-refractivity contribution is 0.0644. The summed E-state index contributed by atoms with van der Waals surface area (Å²) in [6, 6.07) is 6.94. The molecule has 0 amide bonds. The van der Waals surface area contributed by atoms with Crippen molar-refractivity contribution in [3.05, 3.63) is 29.3 Å². The fourth-order valence-electron chi connectivity index (χ4n) is 2.76. The largest absolute Gasteiger partial charge is 0.377 e. The smallest absolute Gasteiger partial charge is 0.0694 e. The topological polar surface area (TPSA) is 38.5 Å². The molecular weight excluding hydrogens is 236 g/mol. The second-order valence-corrected chi connectivity index (χ2v) is 6.31. The van der Waals surface area contributed by atoms with E-state index in [1.807, 2.05) is 0 Å². The zero-order chi connectivity index (χ0) is 14.0. The number of aryl methyl sites for hydroxylation is 1. The minimum atomic E-state index is 0.0629. The van der Waals surface area contributed by atoms with Crippen molar-refractivity contribution in [1.29, 1.82) is 0 Å². The van der Waals surface area contributed by atoms with Gasteiger partial charge >= 0.3 is 0 Å². The average molecular weight is 262 g/mol. The minimum Gasteiger partial charge on any atom is -0.377 e. The highest BCUT2D eigenvalue weighted by atomic mass is 16.5. The lowest BCUT2D eigenvalue weighted by atomic mass is 9.98. The van der Waals surface area contributed by atoms with E-state index in [4.69, 9.17) is 10.5 Å². The summed E-state index contributed by atoms with van der Waals surface area (Å²) in [5.74, 6) is 0. The van der Waals surface area contributed by atoms with Crippen molar-refractivity contribution in [3.63, 3.8) is 0 Å². The van der Waals surface area contributed by atoms with Crippen molar-refractivity contribution in [2.24, 2.45) is 5.73 Å². The third kappa shape index (κ3) is 3.28. The van der Waals surface area contributed by atoms with E-state index in [-0.39, 0.29) is 11.6 Å². The van der Waals surface area contributed by atoms with Crippen LogP contribution in [0.2, 0.25) is 0 Å². The van der Waals surface area contributed by atoms with Crippen LogP contribution in [0.15, 0.2) is 18.2 Å². The van der Waals surface area contributed by atoms with E-state index in [2.05, 4.69) is 50.8 Å². The van der Waals surface area contributed by atoms with Crippen LogP contribution in [0.25, 0.3) is 0 Å². The van der Waals surface area contributed by atoms with E-state index < -0.39 is 0 Å². The van der Waals surface area contributed by atoms with Gasteiger partial charge in [0.1, 0.15) is 0 Å². The Kier molecular flexibility index (Phi) is 4.16. The molecule has 19 heavy (non-hydrogen) atoms. The van der Waals surface area contributed by atoms with Crippen molar-refractivity contribution < 1.29 is 4.74 Å². The average Bonchev–Trinajstić information content (AvgIpc) is 2.31. The fraction of sp³-hybridized carbons (Fsp3) is 0.625.